The van der Waals surface area contributed by atoms with Gasteiger partial charge in [0.2, 0.25) is 5.91 Å². The van der Waals surface area contributed by atoms with E-state index in [1.165, 1.54) is 24.3 Å². The number of carboxylic acids is 1. The number of carbonyl (C=O) groups excluding carboxylic acids is 2. The minimum absolute atomic E-state index is 0.102. The minimum Gasteiger partial charge on any atom is -0.481 e. The topological polar surface area (TPSA) is 99.9 Å². The van der Waals surface area contributed by atoms with E-state index in [0.717, 1.165) is 0 Å². The first kappa shape index (κ1) is 13.8. The zero-order valence-electron chi connectivity index (χ0n) is 9.88. The zero-order valence-corrected chi connectivity index (χ0v) is 9.88. The molecule has 0 saturated heterocycles. The summed E-state index contributed by atoms with van der Waals surface area (Å²) in [5.41, 5.74) is 0. The molecule has 0 aliphatic carbocycles. The molecule has 0 unspecified atom stereocenters. The van der Waals surface area contributed by atoms with Crippen LogP contribution in [0, 0.1) is 0 Å². The lowest BCUT2D eigenvalue weighted by atomic mass is 10.3. The number of carbonyl (C=O) groups is 3. The van der Waals surface area contributed by atoms with Gasteiger partial charge in [-0.2, -0.15) is 0 Å². The summed E-state index contributed by atoms with van der Waals surface area (Å²) in [5, 5.41) is 10.8. The van der Waals surface area contributed by atoms with E-state index in [4.69, 9.17) is 9.52 Å². The van der Waals surface area contributed by atoms with Gasteiger partial charge in [-0.05, 0) is 12.1 Å². The standard InChI is InChI=1S/C11H14N2O5/c1-13(5-4-10(15)16)9(14)7-12-11(17)8-3-2-6-18-8/h2-3,6H,4-5,7H2,1H3,(H,12,17)(H,15,16). The van der Waals surface area contributed by atoms with E-state index in [-0.39, 0.29) is 31.2 Å². The fourth-order valence-corrected chi connectivity index (χ4v) is 1.17. The van der Waals surface area contributed by atoms with E-state index in [2.05, 4.69) is 5.32 Å². The third kappa shape index (κ3) is 4.28. The van der Waals surface area contributed by atoms with Gasteiger partial charge < -0.3 is 19.7 Å². The highest BCUT2D eigenvalue weighted by Gasteiger charge is 2.13. The summed E-state index contributed by atoms with van der Waals surface area (Å²) in [4.78, 5) is 34.5. The number of rotatable bonds is 6. The second kappa shape index (κ2) is 6.43. The number of likely N-dealkylation sites (N-methyl/N-ethyl adjacent to an activating group) is 1. The number of hydrogen-bond donors (Lipinski definition) is 2. The van der Waals surface area contributed by atoms with Gasteiger partial charge in [-0.25, -0.2) is 0 Å². The normalized spacial score (nSPS) is 9.83. The predicted octanol–water partition coefficient (Wildman–Crippen LogP) is -0.0575. The number of furan rings is 1. The number of hydrogen-bond acceptors (Lipinski definition) is 4. The van der Waals surface area contributed by atoms with Crippen LogP contribution in [0.3, 0.4) is 0 Å². The zero-order chi connectivity index (χ0) is 13.5. The second-order valence-corrected chi connectivity index (χ2v) is 3.62. The van der Waals surface area contributed by atoms with Gasteiger partial charge in [-0.1, -0.05) is 0 Å². The highest BCUT2D eigenvalue weighted by Crippen LogP contribution is 1.98. The number of amides is 2. The summed E-state index contributed by atoms with van der Waals surface area (Å²) < 4.78 is 4.85. The van der Waals surface area contributed by atoms with Crippen LogP contribution in [0.25, 0.3) is 0 Å². The van der Waals surface area contributed by atoms with Crippen LogP contribution in [-0.2, 0) is 9.59 Å². The molecule has 7 nitrogen and oxygen atoms in total. The van der Waals surface area contributed by atoms with E-state index >= 15 is 0 Å². The van der Waals surface area contributed by atoms with Gasteiger partial charge in [-0.15, -0.1) is 0 Å². The van der Waals surface area contributed by atoms with Crippen LogP contribution in [-0.4, -0.2) is 47.9 Å². The summed E-state index contributed by atoms with van der Waals surface area (Å²) in [6, 6.07) is 3.05. The first-order chi connectivity index (χ1) is 8.50. The molecule has 0 atom stereocenters. The van der Waals surface area contributed by atoms with E-state index in [0.29, 0.717) is 0 Å². The second-order valence-electron chi connectivity index (χ2n) is 3.62. The van der Waals surface area contributed by atoms with E-state index in [1.54, 1.807) is 6.07 Å². The van der Waals surface area contributed by atoms with Crippen molar-refractivity contribution in [2.24, 2.45) is 0 Å². The number of nitrogens with one attached hydrogen (secondary N) is 1. The van der Waals surface area contributed by atoms with Crippen LogP contribution in [0.5, 0.6) is 0 Å². The van der Waals surface area contributed by atoms with Crippen molar-refractivity contribution < 1.29 is 23.9 Å². The Hall–Kier alpha value is -2.31. The fourth-order valence-electron chi connectivity index (χ4n) is 1.17. The molecule has 0 saturated carbocycles. The molecule has 0 aliphatic rings. The third-order valence-corrected chi connectivity index (χ3v) is 2.23. The minimum atomic E-state index is -0.978. The fraction of sp³-hybridized carbons (Fsp3) is 0.364. The summed E-state index contributed by atoms with van der Waals surface area (Å²) in [6.07, 6.45) is 1.23. The van der Waals surface area contributed by atoms with Crippen LogP contribution in [0.2, 0.25) is 0 Å². The SMILES string of the molecule is CN(CCC(=O)O)C(=O)CNC(=O)c1ccco1. The molecule has 0 radical (unpaired) electrons. The lowest BCUT2D eigenvalue weighted by molar-refractivity contribution is -0.138. The molecule has 1 aromatic rings. The average Bonchev–Trinajstić information content (AvgIpc) is 2.86. The maximum atomic E-state index is 11.5. The molecule has 1 aromatic heterocycles. The lowest BCUT2D eigenvalue weighted by Gasteiger charge is -2.15. The van der Waals surface area contributed by atoms with Crippen LogP contribution in [0.1, 0.15) is 17.0 Å². The maximum Gasteiger partial charge on any atom is 0.305 e. The Labute approximate surface area is 103 Å². The number of nitrogens with zero attached hydrogens (tertiary/aromatic N) is 1. The first-order valence-electron chi connectivity index (χ1n) is 5.28. The smallest absolute Gasteiger partial charge is 0.305 e. The summed E-state index contributed by atoms with van der Waals surface area (Å²) in [7, 11) is 1.48. The Kier molecular flexibility index (Phi) is 4.91. The van der Waals surface area contributed by atoms with Crippen molar-refractivity contribution in [3.63, 3.8) is 0 Å². The predicted molar refractivity (Wildman–Crippen MR) is 60.9 cm³/mol. The van der Waals surface area contributed by atoms with Crippen LogP contribution in [0.15, 0.2) is 22.8 Å². The van der Waals surface area contributed by atoms with Crippen molar-refractivity contribution in [3.05, 3.63) is 24.2 Å². The number of aliphatic carboxylic acids is 1. The lowest BCUT2D eigenvalue weighted by Crippen LogP contribution is -2.38. The van der Waals surface area contributed by atoms with Crippen molar-refractivity contribution >= 4 is 17.8 Å². The summed E-state index contributed by atoms with van der Waals surface area (Å²) >= 11 is 0. The van der Waals surface area contributed by atoms with Gasteiger partial charge in [0.1, 0.15) is 0 Å². The quantitative estimate of drug-likeness (QED) is 0.741. The molecule has 0 aliphatic heterocycles. The highest BCUT2D eigenvalue weighted by atomic mass is 16.4. The molecule has 2 N–H and O–H groups in total. The van der Waals surface area contributed by atoms with Crippen molar-refractivity contribution in [3.8, 4) is 0 Å². The van der Waals surface area contributed by atoms with Crippen molar-refractivity contribution in [2.75, 3.05) is 20.1 Å². The molecule has 0 spiro atoms. The van der Waals surface area contributed by atoms with Crippen molar-refractivity contribution in [1.29, 1.82) is 0 Å². The molecule has 18 heavy (non-hydrogen) atoms. The Morgan fingerprint density at radius 2 is 2.17 bits per heavy atom. The van der Waals surface area contributed by atoms with E-state index in [9.17, 15) is 14.4 Å². The van der Waals surface area contributed by atoms with Gasteiger partial charge in [-0.3, -0.25) is 14.4 Å². The third-order valence-electron chi connectivity index (χ3n) is 2.23. The molecule has 0 bridgehead atoms. The van der Waals surface area contributed by atoms with E-state index < -0.39 is 11.9 Å². The molecule has 1 heterocycles. The summed E-state index contributed by atoms with van der Waals surface area (Å²) in [6.45, 7) is -0.0968. The van der Waals surface area contributed by atoms with Crippen molar-refractivity contribution in [1.82, 2.24) is 10.2 Å². The summed E-state index contributed by atoms with van der Waals surface area (Å²) in [5.74, 6) is -1.71. The molecule has 2 amide bonds. The molecule has 98 valence electrons. The van der Waals surface area contributed by atoms with Crippen LogP contribution >= 0.6 is 0 Å². The monoisotopic (exact) mass is 254 g/mol. The van der Waals surface area contributed by atoms with Gasteiger partial charge >= 0.3 is 5.97 Å². The van der Waals surface area contributed by atoms with Crippen LogP contribution < -0.4 is 5.32 Å². The van der Waals surface area contributed by atoms with Gasteiger partial charge in [0.25, 0.3) is 5.91 Å². The van der Waals surface area contributed by atoms with Gasteiger partial charge in [0.05, 0.1) is 19.2 Å². The molecule has 0 aromatic carbocycles. The Balaban J connectivity index is 2.32. The van der Waals surface area contributed by atoms with Gasteiger partial charge in [0.15, 0.2) is 5.76 Å². The van der Waals surface area contributed by atoms with Crippen molar-refractivity contribution in [2.45, 2.75) is 6.42 Å². The van der Waals surface area contributed by atoms with Gasteiger partial charge in [0, 0.05) is 13.6 Å². The maximum absolute atomic E-state index is 11.5. The molecular weight excluding hydrogens is 240 g/mol. The average molecular weight is 254 g/mol. The molecule has 0 fully saturated rings. The Morgan fingerprint density at radius 3 is 2.72 bits per heavy atom. The Morgan fingerprint density at radius 1 is 1.44 bits per heavy atom. The highest BCUT2D eigenvalue weighted by molar-refractivity contribution is 5.94. The first-order valence-corrected chi connectivity index (χ1v) is 5.28. The number of carboxylic acid groups (broad SMARTS) is 1. The van der Waals surface area contributed by atoms with Crippen LogP contribution in [0.4, 0.5) is 0 Å². The van der Waals surface area contributed by atoms with E-state index in [1.807, 2.05) is 0 Å². The molecular formula is C11H14N2O5. The largest absolute Gasteiger partial charge is 0.481 e. The molecule has 7 heteroatoms. The molecule has 1 rings (SSSR count). The Bertz CT molecular complexity index is 427.